The van der Waals surface area contributed by atoms with Crippen LogP contribution in [0.25, 0.3) is 0 Å². The molecule has 0 heterocycles. The van der Waals surface area contributed by atoms with E-state index in [0.717, 1.165) is 17.9 Å². The zero-order valence-corrected chi connectivity index (χ0v) is 10.3. The molecule has 16 heavy (non-hydrogen) atoms. The van der Waals surface area contributed by atoms with Gasteiger partial charge in [0, 0.05) is 23.9 Å². The third kappa shape index (κ3) is 2.07. The van der Waals surface area contributed by atoms with Gasteiger partial charge in [0.05, 0.1) is 6.07 Å². The first kappa shape index (κ1) is 11.4. The molecule has 0 radical (unpaired) electrons. The quantitative estimate of drug-likeness (QED) is 0.854. The van der Waals surface area contributed by atoms with Crippen molar-refractivity contribution < 1.29 is 0 Å². The molecule has 3 heteroatoms. The number of fused-ring (bicyclic) bond motifs is 1. The molecule has 1 aliphatic carbocycles. The maximum atomic E-state index is 9.36. The highest BCUT2D eigenvalue weighted by Gasteiger charge is 2.37. The maximum Gasteiger partial charge on any atom is 0.115 e. The monoisotopic (exact) mass is 234 g/mol. The van der Waals surface area contributed by atoms with Crippen molar-refractivity contribution in [2.45, 2.75) is 38.3 Å². The van der Waals surface area contributed by atoms with Gasteiger partial charge in [-0.1, -0.05) is 17.7 Å². The molecule has 0 spiro atoms. The predicted molar refractivity (Wildman–Crippen MR) is 65.5 cm³/mol. The van der Waals surface area contributed by atoms with Crippen LogP contribution >= 0.6 is 11.6 Å². The van der Waals surface area contributed by atoms with Gasteiger partial charge < -0.3 is 0 Å². The number of rotatable bonds is 2. The highest BCUT2D eigenvalue weighted by atomic mass is 35.5. The van der Waals surface area contributed by atoms with E-state index >= 15 is 0 Å². The van der Waals surface area contributed by atoms with E-state index in [0.29, 0.717) is 6.04 Å². The third-order valence-electron chi connectivity index (χ3n) is 2.93. The van der Waals surface area contributed by atoms with Gasteiger partial charge in [0.25, 0.3) is 0 Å². The Morgan fingerprint density at radius 2 is 2.06 bits per heavy atom. The summed E-state index contributed by atoms with van der Waals surface area (Å²) in [5, 5.41) is 13.5. The molecule has 84 valence electrons. The number of hydrogen-bond donors (Lipinski definition) is 1. The number of nitrogens with zero attached hydrogens (tertiary/aromatic N) is 1. The van der Waals surface area contributed by atoms with Gasteiger partial charge in [-0.2, -0.15) is 5.26 Å². The smallest absolute Gasteiger partial charge is 0.115 e. The van der Waals surface area contributed by atoms with Crippen LogP contribution < -0.4 is 5.32 Å². The molecule has 0 aromatic heterocycles. The molecule has 1 N–H and O–H groups in total. The van der Waals surface area contributed by atoms with Crippen LogP contribution in [0.3, 0.4) is 0 Å². The summed E-state index contributed by atoms with van der Waals surface area (Å²) in [6, 6.07) is 8.62. The summed E-state index contributed by atoms with van der Waals surface area (Å²) in [6.07, 6.45) is 1.52. The topological polar surface area (TPSA) is 35.8 Å². The molecule has 0 saturated carbocycles. The fraction of sp³-hybridized carbons (Fsp3) is 0.462. The van der Waals surface area contributed by atoms with Gasteiger partial charge in [0.2, 0.25) is 0 Å². The molecule has 1 atom stereocenters. The largest absolute Gasteiger partial charge is 0.297 e. The van der Waals surface area contributed by atoms with Crippen molar-refractivity contribution in [3.63, 3.8) is 0 Å². The van der Waals surface area contributed by atoms with Gasteiger partial charge in [-0.05, 0) is 37.1 Å². The van der Waals surface area contributed by atoms with Crippen molar-refractivity contribution in [3.8, 4) is 6.07 Å². The second kappa shape index (κ2) is 4.08. The zero-order chi connectivity index (χ0) is 11.8. The van der Waals surface area contributed by atoms with Gasteiger partial charge in [-0.3, -0.25) is 5.32 Å². The van der Waals surface area contributed by atoms with E-state index in [2.05, 4.69) is 25.2 Å². The normalized spacial score (nSPS) is 23.2. The second-order valence-corrected chi connectivity index (χ2v) is 5.20. The Balaban J connectivity index is 2.29. The third-order valence-corrected chi connectivity index (χ3v) is 3.17. The number of nitriles is 1. The lowest BCUT2D eigenvalue weighted by Gasteiger charge is -2.24. The molecule has 1 aromatic rings. The highest BCUT2D eigenvalue weighted by molar-refractivity contribution is 6.30. The SMILES string of the molecule is CC(C)NC1(C#N)Cc2ccc(Cl)cc2C1. The summed E-state index contributed by atoms with van der Waals surface area (Å²) < 4.78 is 0. The van der Waals surface area contributed by atoms with E-state index in [9.17, 15) is 5.26 Å². The Hall–Kier alpha value is -1.04. The van der Waals surface area contributed by atoms with Crippen LogP contribution in [0.1, 0.15) is 25.0 Å². The van der Waals surface area contributed by atoms with Crippen molar-refractivity contribution >= 4 is 11.6 Å². The molecule has 2 nitrogen and oxygen atoms in total. The Kier molecular flexibility index (Phi) is 2.92. The number of hydrogen-bond acceptors (Lipinski definition) is 2. The minimum Gasteiger partial charge on any atom is -0.297 e. The van der Waals surface area contributed by atoms with E-state index in [1.54, 1.807) is 0 Å². The minimum atomic E-state index is -0.443. The average Bonchev–Trinajstić information content (AvgIpc) is 2.54. The first-order chi connectivity index (χ1) is 7.54. The Bertz CT molecular complexity index is 448. The number of benzene rings is 1. The summed E-state index contributed by atoms with van der Waals surface area (Å²) in [5.74, 6) is 0. The maximum absolute atomic E-state index is 9.36. The van der Waals surface area contributed by atoms with Crippen LogP contribution in [0, 0.1) is 11.3 Å². The Morgan fingerprint density at radius 1 is 1.38 bits per heavy atom. The summed E-state index contributed by atoms with van der Waals surface area (Å²) in [5.41, 5.74) is 1.99. The van der Waals surface area contributed by atoms with Crippen LogP contribution in [0.15, 0.2) is 18.2 Å². The summed E-state index contributed by atoms with van der Waals surface area (Å²) in [4.78, 5) is 0. The van der Waals surface area contributed by atoms with E-state index in [-0.39, 0.29) is 0 Å². The van der Waals surface area contributed by atoms with Gasteiger partial charge in [-0.15, -0.1) is 0 Å². The van der Waals surface area contributed by atoms with E-state index in [4.69, 9.17) is 11.6 Å². The fourth-order valence-electron chi connectivity index (χ4n) is 2.41. The minimum absolute atomic E-state index is 0.310. The van der Waals surface area contributed by atoms with Crippen molar-refractivity contribution in [1.82, 2.24) is 5.32 Å². The first-order valence-corrected chi connectivity index (χ1v) is 5.89. The molecule has 0 aliphatic heterocycles. The van der Waals surface area contributed by atoms with Crippen LogP contribution in [0.2, 0.25) is 5.02 Å². The van der Waals surface area contributed by atoms with Gasteiger partial charge in [-0.25, -0.2) is 0 Å². The molecule has 0 amide bonds. The van der Waals surface area contributed by atoms with Crippen LogP contribution in [0.4, 0.5) is 0 Å². The summed E-state index contributed by atoms with van der Waals surface area (Å²) in [6.45, 7) is 4.13. The number of nitrogens with one attached hydrogen (secondary N) is 1. The lowest BCUT2D eigenvalue weighted by atomic mass is 9.97. The van der Waals surface area contributed by atoms with Gasteiger partial charge in [0.1, 0.15) is 5.54 Å². The van der Waals surface area contributed by atoms with E-state index < -0.39 is 5.54 Å². The van der Waals surface area contributed by atoms with Crippen LogP contribution in [-0.4, -0.2) is 11.6 Å². The van der Waals surface area contributed by atoms with Crippen molar-refractivity contribution in [1.29, 1.82) is 5.26 Å². The van der Waals surface area contributed by atoms with Crippen LogP contribution in [0.5, 0.6) is 0 Å². The lowest BCUT2D eigenvalue weighted by molar-refractivity contribution is 0.392. The van der Waals surface area contributed by atoms with E-state index in [1.165, 1.54) is 11.1 Å². The predicted octanol–water partition coefficient (Wildman–Crippen LogP) is 2.70. The van der Waals surface area contributed by atoms with Crippen molar-refractivity contribution in [3.05, 3.63) is 34.3 Å². The van der Waals surface area contributed by atoms with Crippen molar-refractivity contribution in [2.75, 3.05) is 0 Å². The molecule has 0 fully saturated rings. The highest BCUT2D eigenvalue weighted by Crippen LogP contribution is 2.31. The molecule has 1 aliphatic rings. The second-order valence-electron chi connectivity index (χ2n) is 4.76. The molecular weight excluding hydrogens is 220 g/mol. The van der Waals surface area contributed by atoms with E-state index in [1.807, 2.05) is 18.2 Å². The molecule has 1 aromatic carbocycles. The van der Waals surface area contributed by atoms with Gasteiger partial charge in [0.15, 0.2) is 0 Å². The molecule has 0 bridgehead atoms. The van der Waals surface area contributed by atoms with Crippen LogP contribution in [-0.2, 0) is 12.8 Å². The van der Waals surface area contributed by atoms with Gasteiger partial charge >= 0.3 is 0 Å². The molecule has 0 saturated heterocycles. The number of halogens is 1. The fourth-order valence-corrected chi connectivity index (χ4v) is 2.60. The summed E-state index contributed by atoms with van der Waals surface area (Å²) in [7, 11) is 0. The molecular formula is C13H15ClN2. The first-order valence-electron chi connectivity index (χ1n) is 5.51. The molecule has 1 unspecified atom stereocenters. The Labute approximate surface area is 101 Å². The van der Waals surface area contributed by atoms with Crippen molar-refractivity contribution in [2.24, 2.45) is 0 Å². The summed E-state index contributed by atoms with van der Waals surface area (Å²) >= 11 is 5.96. The standard InChI is InChI=1S/C13H15ClN2/c1-9(2)16-13(8-15)6-10-3-4-12(14)5-11(10)7-13/h3-5,9,16H,6-7H2,1-2H3. The molecule has 2 rings (SSSR count). The lowest BCUT2D eigenvalue weighted by Crippen LogP contribution is -2.48. The zero-order valence-electron chi connectivity index (χ0n) is 9.55. The Morgan fingerprint density at radius 3 is 2.69 bits per heavy atom. The average molecular weight is 235 g/mol.